The third-order valence-electron chi connectivity index (χ3n) is 2.51. The quantitative estimate of drug-likeness (QED) is 0.820. The van der Waals surface area contributed by atoms with Gasteiger partial charge in [-0.2, -0.15) is 0 Å². The Morgan fingerprint density at radius 2 is 1.42 bits per heavy atom. The third-order valence-corrected chi connectivity index (χ3v) is 2.95. The van der Waals surface area contributed by atoms with E-state index < -0.39 is 5.97 Å². The van der Waals surface area contributed by atoms with Gasteiger partial charge in [0.25, 0.3) is 0 Å². The number of carboxylic acid groups (broad SMARTS) is 1. The molecule has 1 N–H and O–H groups in total. The lowest BCUT2D eigenvalue weighted by Crippen LogP contribution is -1.94. The number of carboxylic acids is 1. The first kappa shape index (κ1) is 13.7. The maximum absolute atomic E-state index is 10.7. The predicted octanol–water partition coefficient (Wildman–Crippen LogP) is 4.86. The Labute approximate surface area is 120 Å². The molecule has 0 heterocycles. The fourth-order valence-electron chi connectivity index (χ4n) is 1.60. The van der Waals surface area contributed by atoms with E-state index in [1.165, 1.54) is 0 Å². The Balaban J connectivity index is 2.20. The highest BCUT2D eigenvalue weighted by Gasteiger charge is 2.00. The second-order valence-corrected chi connectivity index (χ2v) is 4.84. The molecule has 0 aromatic heterocycles. The van der Waals surface area contributed by atoms with Gasteiger partial charge >= 0.3 is 5.97 Å². The van der Waals surface area contributed by atoms with Gasteiger partial charge in [0.05, 0.1) is 5.56 Å². The van der Waals surface area contributed by atoms with E-state index in [2.05, 4.69) is 0 Å². The van der Waals surface area contributed by atoms with Gasteiger partial charge in [-0.3, -0.25) is 0 Å². The average molecular weight is 293 g/mol. The largest absolute Gasteiger partial charge is 0.478 e. The van der Waals surface area contributed by atoms with E-state index in [0.29, 0.717) is 10.0 Å². The lowest BCUT2D eigenvalue weighted by molar-refractivity contribution is 0.0697. The summed E-state index contributed by atoms with van der Waals surface area (Å²) >= 11 is 11.8. The van der Waals surface area contributed by atoms with E-state index in [-0.39, 0.29) is 5.56 Å². The van der Waals surface area contributed by atoms with Crippen LogP contribution in [0, 0.1) is 0 Å². The molecule has 0 fully saturated rings. The summed E-state index contributed by atoms with van der Waals surface area (Å²) in [5.74, 6) is -0.933. The Morgan fingerprint density at radius 1 is 0.895 bits per heavy atom. The number of benzene rings is 2. The molecule has 0 atom stereocenters. The molecule has 0 saturated carbocycles. The molecule has 19 heavy (non-hydrogen) atoms. The highest BCUT2D eigenvalue weighted by molar-refractivity contribution is 6.34. The summed E-state index contributed by atoms with van der Waals surface area (Å²) in [6.07, 6.45) is 3.74. The molecular formula is C15H10Cl2O2. The Bertz CT molecular complexity index is 611. The van der Waals surface area contributed by atoms with E-state index in [0.717, 1.165) is 11.1 Å². The van der Waals surface area contributed by atoms with Gasteiger partial charge < -0.3 is 5.11 Å². The SMILES string of the molecule is O=C(O)c1ccc(C=Cc2cc(Cl)cc(Cl)c2)cc1. The number of halogens is 2. The van der Waals surface area contributed by atoms with Crippen LogP contribution in [0.15, 0.2) is 42.5 Å². The first-order valence-corrected chi connectivity index (χ1v) is 6.28. The first-order chi connectivity index (χ1) is 9.04. The summed E-state index contributed by atoms with van der Waals surface area (Å²) in [4.78, 5) is 10.7. The molecule has 0 radical (unpaired) electrons. The second-order valence-electron chi connectivity index (χ2n) is 3.96. The summed E-state index contributed by atoms with van der Waals surface area (Å²) in [7, 11) is 0. The molecular weight excluding hydrogens is 283 g/mol. The zero-order valence-electron chi connectivity index (χ0n) is 9.81. The zero-order chi connectivity index (χ0) is 13.8. The Morgan fingerprint density at radius 3 is 1.95 bits per heavy atom. The van der Waals surface area contributed by atoms with Gasteiger partial charge in [0.1, 0.15) is 0 Å². The van der Waals surface area contributed by atoms with Crippen LogP contribution in [-0.2, 0) is 0 Å². The van der Waals surface area contributed by atoms with E-state index in [1.54, 1.807) is 42.5 Å². The van der Waals surface area contributed by atoms with Crippen molar-refractivity contribution >= 4 is 41.3 Å². The van der Waals surface area contributed by atoms with Crippen molar-refractivity contribution in [3.8, 4) is 0 Å². The Kier molecular flexibility index (Phi) is 4.25. The number of rotatable bonds is 3. The molecule has 0 amide bonds. The fraction of sp³-hybridized carbons (Fsp3) is 0. The van der Waals surface area contributed by atoms with Gasteiger partial charge in [-0.05, 0) is 41.5 Å². The topological polar surface area (TPSA) is 37.3 Å². The molecule has 0 saturated heterocycles. The van der Waals surface area contributed by atoms with Gasteiger partial charge in [-0.15, -0.1) is 0 Å². The smallest absolute Gasteiger partial charge is 0.335 e. The minimum Gasteiger partial charge on any atom is -0.478 e. The van der Waals surface area contributed by atoms with Crippen LogP contribution in [0.2, 0.25) is 10.0 Å². The van der Waals surface area contributed by atoms with E-state index >= 15 is 0 Å². The van der Waals surface area contributed by atoms with Crippen molar-refractivity contribution in [2.24, 2.45) is 0 Å². The van der Waals surface area contributed by atoms with Crippen LogP contribution in [0.5, 0.6) is 0 Å². The molecule has 2 rings (SSSR count). The lowest BCUT2D eigenvalue weighted by Gasteiger charge is -1.98. The molecule has 0 unspecified atom stereocenters. The molecule has 4 heteroatoms. The van der Waals surface area contributed by atoms with Crippen LogP contribution in [-0.4, -0.2) is 11.1 Å². The van der Waals surface area contributed by atoms with Crippen LogP contribution < -0.4 is 0 Å². The molecule has 0 aliphatic carbocycles. The zero-order valence-corrected chi connectivity index (χ0v) is 11.3. The van der Waals surface area contributed by atoms with Crippen LogP contribution in [0.25, 0.3) is 12.2 Å². The highest BCUT2D eigenvalue weighted by atomic mass is 35.5. The monoisotopic (exact) mass is 292 g/mol. The Hall–Kier alpha value is -1.77. The molecule has 2 nitrogen and oxygen atoms in total. The van der Waals surface area contributed by atoms with Gasteiger partial charge in [-0.1, -0.05) is 47.5 Å². The van der Waals surface area contributed by atoms with Gasteiger partial charge in [0, 0.05) is 10.0 Å². The van der Waals surface area contributed by atoms with E-state index in [9.17, 15) is 4.79 Å². The molecule has 2 aromatic rings. The molecule has 0 spiro atoms. The van der Waals surface area contributed by atoms with Crippen LogP contribution in [0.4, 0.5) is 0 Å². The number of aromatic carboxylic acids is 1. The van der Waals surface area contributed by atoms with Crippen molar-refractivity contribution in [3.05, 3.63) is 69.2 Å². The third kappa shape index (κ3) is 3.85. The minimum atomic E-state index is -0.933. The van der Waals surface area contributed by atoms with Gasteiger partial charge in [0.2, 0.25) is 0 Å². The predicted molar refractivity (Wildman–Crippen MR) is 78.8 cm³/mol. The number of hydrogen-bond donors (Lipinski definition) is 1. The molecule has 0 bridgehead atoms. The van der Waals surface area contributed by atoms with Crippen LogP contribution in [0.3, 0.4) is 0 Å². The first-order valence-electron chi connectivity index (χ1n) is 5.52. The van der Waals surface area contributed by atoms with E-state index in [4.69, 9.17) is 28.3 Å². The molecule has 2 aromatic carbocycles. The van der Waals surface area contributed by atoms with Gasteiger partial charge in [-0.25, -0.2) is 4.79 Å². The summed E-state index contributed by atoms with van der Waals surface area (Å²) in [6, 6.07) is 11.9. The van der Waals surface area contributed by atoms with Crippen molar-refractivity contribution in [1.82, 2.24) is 0 Å². The van der Waals surface area contributed by atoms with E-state index in [1.807, 2.05) is 12.2 Å². The molecule has 0 aliphatic rings. The van der Waals surface area contributed by atoms with Crippen LogP contribution >= 0.6 is 23.2 Å². The van der Waals surface area contributed by atoms with Crippen molar-refractivity contribution in [2.75, 3.05) is 0 Å². The van der Waals surface area contributed by atoms with Crippen molar-refractivity contribution < 1.29 is 9.90 Å². The normalized spacial score (nSPS) is 10.8. The van der Waals surface area contributed by atoms with Crippen LogP contribution in [0.1, 0.15) is 21.5 Å². The second kappa shape index (κ2) is 5.91. The molecule has 96 valence electrons. The summed E-state index contributed by atoms with van der Waals surface area (Å²) < 4.78 is 0. The standard InChI is InChI=1S/C15H10Cl2O2/c16-13-7-11(8-14(17)9-13)2-1-10-3-5-12(6-4-10)15(18)19/h1-9H,(H,18,19). The van der Waals surface area contributed by atoms with Crippen molar-refractivity contribution in [2.45, 2.75) is 0 Å². The highest BCUT2D eigenvalue weighted by Crippen LogP contribution is 2.20. The van der Waals surface area contributed by atoms with Crippen molar-refractivity contribution in [3.63, 3.8) is 0 Å². The number of carbonyl (C=O) groups is 1. The van der Waals surface area contributed by atoms with Crippen molar-refractivity contribution in [1.29, 1.82) is 0 Å². The summed E-state index contributed by atoms with van der Waals surface area (Å²) in [5, 5.41) is 9.95. The maximum Gasteiger partial charge on any atom is 0.335 e. The lowest BCUT2D eigenvalue weighted by atomic mass is 10.1. The van der Waals surface area contributed by atoms with Gasteiger partial charge in [0.15, 0.2) is 0 Å². The summed E-state index contributed by atoms with van der Waals surface area (Å²) in [5.41, 5.74) is 2.06. The maximum atomic E-state index is 10.7. The average Bonchev–Trinajstić information content (AvgIpc) is 2.36. The fourth-order valence-corrected chi connectivity index (χ4v) is 2.14. The number of hydrogen-bond acceptors (Lipinski definition) is 1. The summed E-state index contributed by atoms with van der Waals surface area (Å²) in [6.45, 7) is 0. The minimum absolute atomic E-state index is 0.267. The molecule has 0 aliphatic heterocycles.